The number of halogens is 6. The number of rotatable bonds is 9. The molecule has 0 bridgehead atoms. The molecule has 122 valence electrons. The first-order chi connectivity index (χ1) is 8.36. The Balaban J connectivity index is 0. The molecule has 0 saturated carbocycles. The molecule has 0 radical (unpaired) electrons. The van der Waals surface area contributed by atoms with Gasteiger partial charge in [-0.3, -0.25) is 0 Å². The van der Waals surface area contributed by atoms with Crippen LogP contribution in [0, 0.1) is 0 Å². The summed E-state index contributed by atoms with van der Waals surface area (Å²) >= 11 is 3.50. The minimum absolute atomic E-state index is 1.18. The van der Waals surface area contributed by atoms with Crippen molar-refractivity contribution in [3.05, 3.63) is 0 Å². The molecule has 0 N–H and O–H groups in total. The van der Waals surface area contributed by atoms with Gasteiger partial charge in [-0.1, -0.05) is 51.9 Å². The summed E-state index contributed by atoms with van der Waals surface area (Å²) in [5, 5.41) is 0. The molecule has 0 aromatic carbocycles. The van der Waals surface area contributed by atoms with Crippen LogP contribution in [0.3, 0.4) is 0 Å². The van der Waals surface area contributed by atoms with E-state index in [0.717, 1.165) is 0 Å². The van der Waals surface area contributed by atoms with Gasteiger partial charge >= 0.3 is 33.0 Å². The molecule has 0 fully saturated rings. The first kappa shape index (κ1) is 21.7. The van der Waals surface area contributed by atoms with E-state index in [1.54, 1.807) is 0 Å². The third kappa shape index (κ3) is 56.1. The third-order valence-corrected chi connectivity index (χ3v) is 2.63. The summed E-state index contributed by atoms with van der Waals surface area (Å²) < 4.78 is 59.2. The third-order valence-electron chi connectivity index (χ3n) is 2.28. The molecule has 8 heteroatoms. The van der Waals surface area contributed by atoms with Crippen molar-refractivity contribution in [2.24, 2.45) is 0 Å². The van der Waals surface area contributed by atoms with E-state index >= 15 is 0 Å². The summed E-state index contributed by atoms with van der Waals surface area (Å²) in [6.45, 7) is 2.27. The molecule has 0 nitrogen and oxygen atoms in total. The molecular formula is C11H25F6PS. The standard InChI is InChI=1S/C11H24S.F6P/c1-2-3-4-5-6-7-8-9-10-11-12;1-7(2,3,4,5)6/h12H,2-11H2,1H3;/q;-1/p+1. The van der Waals surface area contributed by atoms with Crippen LogP contribution in [0.5, 0.6) is 0 Å². The average Bonchev–Trinajstić information content (AvgIpc) is 2.17. The van der Waals surface area contributed by atoms with Crippen LogP contribution in [0.4, 0.5) is 25.2 Å². The normalized spacial score (nSPS) is 15.2. The second-order valence-corrected chi connectivity index (χ2v) is 6.95. The van der Waals surface area contributed by atoms with E-state index in [2.05, 4.69) is 19.6 Å². The van der Waals surface area contributed by atoms with Crippen molar-refractivity contribution in [1.29, 1.82) is 0 Å². The summed E-state index contributed by atoms with van der Waals surface area (Å²) in [5.74, 6) is 1.18. The molecule has 0 aromatic rings. The summed E-state index contributed by atoms with van der Waals surface area (Å²) in [5.41, 5.74) is 0. The van der Waals surface area contributed by atoms with E-state index in [4.69, 9.17) is 0 Å². The fourth-order valence-corrected chi connectivity index (χ4v) is 1.69. The molecule has 0 aliphatic heterocycles. The average molecular weight is 334 g/mol. The zero-order chi connectivity index (χ0) is 15.5. The summed E-state index contributed by atoms with van der Waals surface area (Å²) in [7, 11) is -10.7. The SMILES string of the molecule is CCCCCCCCCCC[SH2+].F[P-](F)(F)(F)(F)F. The molecule has 0 heterocycles. The van der Waals surface area contributed by atoms with Crippen molar-refractivity contribution in [2.45, 2.75) is 64.7 Å². The Morgan fingerprint density at radius 3 is 1.16 bits per heavy atom. The molecule has 0 atom stereocenters. The van der Waals surface area contributed by atoms with Crippen LogP contribution in [0.1, 0.15) is 64.7 Å². The Bertz CT molecular complexity index is 191. The number of hydrogen-bond acceptors (Lipinski definition) is 0. The fourth-order valence-electron chi connectivity index (χ4n) is 1.44. The molecule has 0 unspecified atom stereocenters. The van der Waals surface area contributed by atoms with Gasteiger partial charge in [0.2, 0.25) is 0 Å². The molecular weight excluding hydrogens is 309 g/mol. The van der Waals surface area contributed by atoms with Gasteiger partial charge in [0.05, 0.1) is 0 Å². The second-order valence-electron chi connectivity index (χ2n) is 4.54. The molecule has 0 amide bonds. The van der Waals surface area contributed by atoms with Gasteiger partial charge in [0.15, 0.2) is 0 Å². The van der Waals surface area contributed by atoms with Crippen LogP contribution >= 0.6 is 7.81 Å². The monoisotopic (exact) mass is 334 g/mol. The van der Waals surface area contributed by atoms with Crippen molar-refractivity contribution in [3.63, 3.8) is 0 Å². The zero-order valence-electron chi connectivity index (χ0n) is 11.3. The van der Waals surface area contributed by atoms with Crippen LogP contribution in [-0.2, 0) is 12.6 Å². The molecule has 19 heavy (non-hydrogen) atoms. The summed E-state index contributed by atoms with van der Waals surface area (Å²) in [6, 6.07) is 0. The van der Waals surface area contributed by atoms with E-state index in [-0.39, 0.29) is 0 Å². The van der Waals surface area contributed by atoms with E-state index in [1.165, 1.54) is 63.5 Å². The molecule has 0 spiro atoms. The molecule has 0 aliphatic carbocycles. The second kappa shape index (κ2) is 8.60. The molecule has 0 aliphatic rings. The van der Waals surface area contributed by atoms with Gasteiger partial charge in [-0.2, -0.15) is 0 Å². The van der Waals surface area contributed by atoms with Crippen LogP contribution in [-0.4, -0.2) is 5.75 Å². The molecule has 0 aromatic heterocycles. The first-order valence-electron chi connectivity index (χ1n) is 6.57. The Labute approximate surface area is 117 Å². The van der Waals surface area contributed by atoms with Gasteiger partial charge in [0.25, 0.3) is 0 Å². The molecule has 0 saturated heterocycles. The van der Waals surface area contributed by atoms with Crippen LogP contribution in [0.25, 0.3) is 0 Å². The van der Waals surface area contributed by atoms with Crippen LogP contribution in [0.15, 0.2) is 0 Å². The van der Waals surface area contributed by atoms with Crippen LogP contribution < -0.4 is 0 Å². The van der Waals surface area contributed by atoms with Gasteiger partial charge in [-0.25, -0.2) is 0 Å². The number of hydrogen-bond donors (Lipinski definition) is 0. The predicted octanol–water partition coefficient (Wildman–Crippen LogP) is 6.91. The van der Waals surface area contributed by atoms with Crippen molar-refractivity contribution in [3.8, 4) is 0 Å². The molecule has 0 rings (SSSR count). The van der Waals surface area contributed by atoms with Gasteiger partial charge in [0, 0.05) is 0 Å². The van der Waals surface area contributed by atoms with Gasteiger partial charge in [-0.05, 0) is 25.5 Å². The number of unbranched alkanes of at least 4 members (excludes halogenated alkanes) is 8. The predicted molar refractivity (Wildman–Crippen MR) is 75.8 cm³/mol. The zero-order valence-corrected chi connectivity index (χ0v) is 13.2. The van der Waals surface area contributed by atoms with Gasteiger partial charge in [-0.15, -0.1) is 0 Å². The van der Waals surface area contributed by atoms with E-state index < -0.39 is 7.81 Å². The minimum atomic E-state index is -10.7. The van der Waals surface area contributed by atoms with Crippen LogP contribution in [0.2, 0.25) is 0 Å². The summed E-state index contributed by atoms with van der Waals surface area (Å²) in [4.78, 5) is 0. The Morgan fingerprint density at radius 1 is 0.632 bits per heavy atom. The Hall–Kier alpha value is 0.360. The summed E-state index contributed by atoms with van der Waals surface area (Å²) in [6.07, 6.45) is 12.8. The topological polar surface area (TPSA) is 0 Å². The van der Waals surface area contributed by atoms with Gasteiger partial charge < -0.3 is 0 Å². The van der Waals surface area contributed by atoms with E-state index in [9.17, 15) is 25.2 Å². The first-order valence-corrected chi connectivity index (χ1v) is 9.31. The van der Waals surface area contributed by atoms with E-state index in [1.807, 2.05) is 0 Å². The van der Waals surface area contributed by atoms with E-state index in [0.29, 0.717) is 0 Å². The van der Waals surface area contributed by atoms with Crippen molar-refractivity contribution < 1.29 is 25.2 Å². The Kier molecular flexibility index (Phi) is 9.81. The maximum atomic E-state index is 9.87. The van der Waals surface area contributed by atoms with Crippen molar-refractivity contribution in [1.82, 2.24) is 0 Å². The Morgan fingerprint density at radius 2 is 0.895 bits per heavy atom. The fraction of sp³-hybridized carbons (Fsp3) is 1.00. The van der Waals surface area contributed by atoms with Crippen molar-refractivity contribution in [2.75, 3.05) is 5.75 Å². The van der Waals surface area contributed by atoms with Gasteiger partial charge in [0.1, 0.15) is 5.75 Å². The van der Waals surface area contributed by atoms with Crippen molar-refractivity contribution >= 4 is 20.4 Å². The quantitative estimate of drug-likeness (QED) is 0.186. The maximum absolute atomic E-state index is 10.7.